The van der Waals surface area contributed by atoms with Gasteiger partial charge in [0.05, 0.1) is 6.61 Å². The normalized spacial score (nSPS) is 9.27. The van der Waals surface area contributed by atoms with Crippen LogP contribution in [0, 0.1) is 0 Å². The molecule has 0 fully saturated rings. The van der Waals surface area contributed by atoms with Crippen LogP contribution in [0.25, 0.3) is 0 Å². The maximum absolute atomic E-state index is 10.5. The topological polar surface area (TPSA) is 47.6 Å². The van der Waals surface area contributed by atoms with Crippen LogP contribution < -0.4 is 5.32 Å². The van der Waals surface area contributed by atoms with Gasteiger partial charge in [0.1, 0.15) is 6.61 Å². The molecule has 0 aromatic carbocycles. The van der Waals surface area contributed by atoms with Crippen molar-refractivity contribution in [1.82, 2.24) is 5.32 Å². The zero-order chi connectivity index (χ0) is 8.53. The molecule has 0 aliphatic heterocycles. The Morgan fingerprint density at radius 3 is 2.64 bits per heavy atom. The Morgan fingerprint density at radius 2 is 2.09 bits per heavy atom. The van der Waals surface area contributed by atoms with Gasteiger partial charge in [-0.3, -0.25) is 0 Å². The molecule has 0 aromatic rings. The number of amides is 1. The van der Waals surface area contributed by atoms with Crippen LogP contribution in [0.3, 0.4) is 0 Å². The highest BCUT2D eigenvalue weighted by molar-refractivity contribution is 5.66. The third kappa shape index (κ3) is 7.12. The number of hydrogen-bond donors (Lipinski definition) is 1. The van der Waals surface area contributed by atoms with Crippen molar-refractivity contribution in [3.8, 4) is 0 Å². The van der Waals surface area contributed by atoms with Gasteiger partial charge in [-0.05, 0) is 6.42 Å². The van der Waals surface area contributed by atoms with E-state index in [-0.39, 0.29) is 0 Å². The summed E-state index contributed by atoms with van der Waals surface area (Å²) < 4.78 is 9.74. The number of hydrogen-bond acceptors (Lipinski definition) is 3. The first kappa shape index (κ1) is 10.2. The van der Waals surface area contributed by atoms with Crippen molar-refractivity contribution in [3.05, 3.63) is 0 Å². The maximum atomic E-state index is 10.5. The molecule has 0 aliphatic rings. The Hall–Kier alpha value is -0.770. The summed E-state index contributed by atoms with van der Waals surface area (Å²) in [5, 5.41) is 2.34. The van der Waals surface area contributed by atoms with E-state index in [1.54, 1.807) is 0 Å². The van der Waals surface area contributed by atoms with Gasteiger partial charge in [0.2, 0.25) is 0 Å². The summed E-state index contributed by atoms with van der Waals surface area (Å²) in [4.78, 5) is 10.5. The lowest BCUT2D eigenvalue weighted by atomic mass is 10.5. The minimum Gasteiger partial charge on any atom is -0.447 e. The molecule has 0 unspecified atom stereocenters. The number of carbonyl (C=O) groups excluding carboxylic acids is 1. The minimum absolute atomic E-state index is 0.319. The van der Waals surface area contributed by atoms with E-state index >= 15 is 0 Å². The van der Waals surface area contributed by atoms with E-state index in [1.165, 1.54) is 7.05 Å². The Morgan fingerprint density at radius 1 is 1.36 bits per heavy atom. The van der Waals surface area contributed by atoms with Crippen molar-refractivity contribution in [2.75, 3.05) is 26.9 Å². The summed E-state index contributed by atoms with van der Waals surface area (Å²) in [6, 6.07) is 0. The lowest BCUT2D eigenvalue weighted by Crippen LogP contribution is -2.21. The minimum atomic E-state index is -0.412. The predicted octanol–water partition coefficient (Wildman–Crippen LogP) is 0.769. The summed E-state index contributed by atoms with van der Waals surface area (Å²) in [7, 11) is 1.52. The van der Waals surface area contributed by atoms with Crippen molar-refractivity contribution in [3.63, 3.8) is 0 Å². The first-order valence-electron chi connectivity index (χ1n) is 3.73. The second kappa shape index (κ2) is 7.34. The lowest BCUT2D eigenvalue weighted by Gasteiger charge is -2.03. The highest BCUT2D eigenvalue weighted by Crippen LogP contribution is 1.81. The fourth-order valence-corrected chi connectivity index (χ4v) is 0.512. The zero-order valence-corrected chi connectivity index (χ0v) is 7.05. The van der Waals surface area contributed by atoms with Crippen molar-refractivity contribution in [2.24, 2.45) is 0 Å². The summed E-state index contributed by atoms with van der Waals surface area (Å²) in [5.41, 5.74) is 0. The quantitative estimate of drug-likeness (QED) is 0.606. The van der Waals surface area contributed by atoms with Gasteiger partial charge < -0.3 is 14.8 Å². The van der Waals surface area contributed by atoms with Gasteiger partial charge in [-0.1, -0.05) is 6.92 Å². The molecule has 0 saturated heterocycles. The second-order valence-corrected chi connectivity index (χ2v) is 2.00. The number of carbonyl (C=O) groups is 1. The Kier molecular flexibility index (Phi) is 6.82. The largest absolute Gasteiger partial charge is 0.447 e. The molecular weight excluding hydrogens is 146 g/mol. The molecule has 0 aromatic heterocycles. The SMILES string of the molecule is CCCOCCOC(=O)NC. The van der Waals surface area contributed by atoms with E-state index in [4.69, 9.17) is 4.74 Å². The molecule has 0 rings (SSSR count). The van der Waals surface area contributed by atoms with Crippen LogP contribution in [-0.2, 0) is 9.47 Å². The van der Waals surface area contributed by atoms with Gasteiger partial charge in [-0.2, -0.15) is 0 Å². The predicted molar refractivity (Wildman–Crippen MR) is 41.5 cm³/mol. The number of alkyl carbamates (subject to hydrolysis) is 1. The molecule has 0 aliphatic carbocycles. The van der Waals surface area contributed by atoms with Crippen molar-refractivity contribution in [1.29, 1.82) is 0 Å². The zero-order valence-electron chi connectivity index (χ0n) is 7.05. The highest BCUT2D eigenvalue weighted by atomic mass is 16.6. The Labute approximate surface area is 66.9 Å². The fraction of sp³-hybridized carbons (Fsp3) is 0.857. The van der Waals surface area contributed by atoms with Crippen LogP contribution in [0.15, 0.2) is 0 Å². The van der Waals surface area contributed by atoms with Gasteiger partial charge >= 0.3 is 6.09 Å². The standard InChI is InChI=1S/C7H15NO3/c1-3-4-10-5-6-11-7(9)8-2/h3-6H2,1-2H3,(H,8,9). The summed E-state index contributed by atoms with van der Waals surface area (Å²) >= 11 is 0. The molecule has 4 heteroatoms. The molecule has 0 radical (unpaired) electrons. The number of ether oxygens (including phenoxy) is 2. The van der Waals surface area contributed by atoms with E-state index in [0.717, 1.165) is 13.0 Å². The molecule has 0 atom stereocenters. The highest BCUT2D eigenvalue weighted by Gasteiger charge is 1.95. The average Bonchev–Trinajstić information content (AvgIpc) is 2.04. The van der Waals surface area contributed by atoms with Crippen LogP contribution in [0.4, 0.5) is 4.79 Å². The van der Waals surface area contributed by atoms with Crippen LogP contribution in [0.5, 0.6) is 0 Å². The van der Waals surface area contributed by atoms with Gasteiger partial charge in [-0.15, -0.1) is 0 Å². The summed E-state index contributed by atoms with van der Waals surface area (Å²) in [6.07, 6.45) is 0.574. The molecule has 4 nitrogen and oxygen atoms in total. The first-order chi connectivity index (χ1) is 5.31. The van der Waals surface area contributed by atoms with E-state index in [2.05, 4.69) is 10.1 Å². The molecule has 11 heavy (non-hydrogen) atoms. The van der Waals surface area contributed by atoms with Gasteiger partial charge in [-0.25, -0.2) is 4.79 Å². The van der Waals surface area contributed by atoms with Gasteiger partial charge in [0.25, 0.3) is 0 Å². The average molecular weight is 161 g/mol. The molecule has 1 N–H and O–H groups in total. The van der Waals surface area contributed by atoms with Crippen LogP contribution in [0.2, 0.25) is 0 Å². The molecule has 66 valence electrons. The summed E-state index contributed by atoms with van der Waals surface area (Å²) in [6.45, 7) is 3.54. The van der Waals surface area contributed by atoms with Crippen LogP contribution >= 0.6 is 0 Å². The molecule has 1 amide bonds. The Balaban J connectivity index is 2.95. The Bertz CT molecular complexity index is 106. The van der Waals surface area contributed by atoms with E-state index in [0.29, 0.717) is 13.2 Å². The van der Waals surface area contributed by atoms with E-state index in [1.807, 2.05) is 6.92 Å². The van der Waals surface area contributed by atoms with E-state index in [9.17, 15) is 4.79 Å². The number of nitrogens with one attached hydrogen (secondary N) is 1. The third-order valence-corrected chi connectivity index (χ3v) is 1.01. The van der Waals surface area contributed by atoms with Crippen LogP contribution in [-0.4, -0.2) is 33.0 Å². The number of rotatable bonds is 5. The summed E-state index contributed by atoms with van der Waals surface area (Å²) in [5.74, 6) is 0. The molecular formula is C7H15NO3. The smallest absolute Gasteiger partial charge is 0.406 e. The molecule has 0 bridgehead atoms. The van der Waals surface area contributed by atoms with Crippen molar-refractivity contribution in [2.45, 2.75) is 13.3 Å². The monoisotopic (exact) mass is 161 g/mol. The second-order valence-electron chi connectivity index (χ2n) is 2.00. The van der Waals surface area contributed by atoms with Crippen LogP contribution in [0.1, 0.15) is 13.3 Å². The first-order valence-corrected chi connectivity index (χ1v) is 3.73. The van der Waals surface area contributed by atoms with Gasteiger partial charge in [0, 0.05) is 13.7 Å². The van der Waals surface area contributed by atoms with Gasteiger partial charge in [0.15, 0.2) is 0 Å². The van der Waals surface area contributed by atoms with Crippen molar-refractivity contribution < 1.29 is 14.3 Å². The van der Waals surface area contributed by atoms with Crippen molar-refractivity contribution >= 4 is 6.09 Å². The molecule has 0 spiro atoms. The third-order valence-electron chi connectivity index (χ3n) is 1.01. The lowest BCUT2D eigenvalue weighted by molar-refractivity contribution is 0.0739. The van der Waals surface area contributed by atoms with E-state index < -0.39 is 6.09 Å². The fourth-order valence-electron chi connectivity index (χ4n) is 0.512. The molecule has 0 heterocycles. The maximum Gasteiger partial charge on any atom is 0.406 e. The molecule has 0 saturated carbocycles.